The molecule has 2 nitrogen and oxygen atoms in total. The molecule has 1 fully saturated rings. The van der Waals surface area contributed by atoms with Crippen LogP contribution in [0.5, 0.6) is 0 Å². The molecule has 0 aliphatic carbocycles. The van der Waals surface area contributed by atoms with E-state index in [9.17, 15) is 0 Å². The molecule has 1 aliphatic rings. The zero-order valence-corrected chi connectivity index (χ0v) is 13.4. The maximum absolute atomic E-state index is 2.42. The fraction of sp³-hybridized carbons (Fsp3) is 0.750. The summed E-state index contributed by atoms with van der Waals surface area (Å²) >= 11 is 0. The standard InChI is InChI=1S/C7H15N.C5H7N.2C2H6/c1-8-6-4-2-3-5-7-8;1-6-4-2-3-5-6;2*1-2/h2-7H2,1H3;2-5H,1H3;2*1-2H3. The molecular weight excluding hydrogens is 220 g/mol. The van der Waals surface area contributed by atoms with Gasteiger partial charge in [0.2, 0.25) is 0 Å². The number of hydrogen-bond donors (Lipinski definition) is 0. The first kappa shape index (κ1) is 19.6. The van der Waals surface area contributed by atoms with Crippen LogP contribution < -0.4 is 0 Å². The van der Waals surface area contributed by atoms with Crippen molar-refractivity contribution in [2.75, 3.05) is 20.1 Å². The van der Waals surface area contributed by atoms with Crippen molar-refractivity contribution in [2.45, 2.75) is 53.4 Å². The zero-order chi connectivity index (χ0) is 14.2. The summed E-state index contributed by atoms with van der Waals surface area (Å²) in [5.41, 5.74) is 0. The second-order valence-electron chi connectivity index (χ2n) is 4.07. The van der Waals surface area contributed by atoms with E-state index in [1.54, 1.807) is 0 Å². The average molecular weight is 254 g/mol. The van der Waals surface area contributed by atoms with Crippen LogP contribution in [0.25, 0.3) is 0 Å². The molecule has 0 saturated carbocycles. The van der Waals surface area contributed by atoms with Crippen molar-refractivity contribution in [3.63, 3.8) is 0 Å². The van der Waals surface area contributed by atoms with Gasteiger partial charge in [-0.3, -0.25) is 0 Å². The van der Waals surface area contributed by atoms with Gasteiger partial charge in [0.25, 0.3) is 0 Å². The summed E-state index contributed by atoms with van der Waals surface area (Å²) < 4.78 is 2.00. The highest BCUT2D eigenvalue weighted by molar-refractivity contribution is 4.88. The molecule has 1 saturated heterocycles. The van der Waals surface area contributed by atoms with Gasteiger partial charge in [-0.05, 0) is 45.1 Å². The molecule has 0 bridgehead atoms. The third-order valence-corrected chi connectivity index (χ3v) is 2.58. The summed E-state index contributed by atoms with van der Waals surface area (Å²) in [6, 6.07) is 4.00. The van der Waals surface area contributed by atoms with Crippen molar-refractivity contribution in [1.29, 1.82) is 0 Å². The summed E-state index contributed by atoms with van der Waals surface area (Å²) in [5, 5.41) is 0. The predicted molar refractivity (Wildman–Crippen MR) is 84.1 cm³/mol. The predicted octanol–water partition coefficient (Wildman–Crippen LogP) is 4.57. The van der Waals surface area contributed by atoms with Crippen LogP contribution in [0.15, 0.2) is 24.5 Å². The topological polar surface area (TPSA) is 8.17 Å². The lowest BCUT2D eigenvalue weighted by atomic mass is 10.2. The maximum Gasteiger partial charge on any atom is 0.0106 e. The van der Waals surface area contributed by atoms with Crippen LogP contribution in [0.4, 0.5) is 0 Å². The van der Waals surface area contributed by atoms with Crippen LogP contribution >= 0.6 is 0 Å². The second-order valence-corrected chi connectivity index (χ2v) is 4.07. The number of nitrogens with zero attached hydrogens (tertiary/aromatic N) is 2. The molecular formula is C16H34N2. The molecule has 0 N–H and O–H groups in total. The van der Waals surface area contributed by atoms with Crippen molar-refractivity contribution in [3.8, 4) is 0 Å². The van der Waals surface area contributed by atoms with Crippen LogP contribution in [0, 0.1) is 0 Å². The van der Waals surface area contributed by atoms with Crippen molar-refractivity contribution in [2.24, 2.45) is 7.05 Å². The van der Waals surface area contributed by atoms with Gasteiger partial charge in [-0.1, -0.05) is 40.5 Å². The van der Waals surface area contributed by atoms with Gasteiger partial charge < -0.3 is 9.47 Å². The molecule has 0 atom stereocenters. The van der Waals surface area contributed by atoms with E-state index in [2.05, 4.69) is 11.9 Å². The first-order valence-electron chi connectivity index (χ1n) is 7.54. The Balaban J connectivity index is 0. The Morgan fingerprint density at radius 1 is 0.667 bits per heavy atom. The quantitative estimate of drug-likeness (QED) is 0.658. The Morgan fingerprint density at radius 3 is 1.33 bits per heavy atom. The van der Waals surface area contributed by atoms with Gasteiger partial charge in [0, 0.05) is 19.4 Å². The van der Waals surface area contributed by atoms with Crippen molar-refractivity contribution < 1.29 is 0 Å². The molecule has 18 heavy (non-hydrogen) atoms. The van der Waals surface area contributed by atoms with Crippen LogP contribution in [0.1, 0.15) is 53.4 Å². The van der Waals surface area contributed by atoms with E-state index >= 15 is 0 Å². The van der Waals surface area contributed by atoms with Crippen LogP contribution in [-0.2, 0) is 7.05 Å². The largest absolute Gasteiger partial charge is 0.357 e. The molecule has 0 spiro atoms. The van der Waals surface area contributed by atoms with Crippen molar-refractivity contribution >= 4 is 0 Å². The Kier molecular flexibility index (Phi) is 17.7. The SMILES string of the molecule is CC.CC.CN1CCCCCC1.Cn1cccc1. The highest BCUT2D eigenvalue weighted by Crippen LogP contribution is 2.06. The average Bonchev–Trinajstić information content (AvgIpc) is 2.77. The van der Waals surface area contributed by atoms with Gasteiger partial charge >= 0.3 is 0 Å². The lowest BCUT2D eigenvalue weighted by molar-refractivity contribution is 0.349. The molecule has 1 aromatic heterocycles. The van der Waals surface area contributed by atoms with E-state index in [1.165, 1.54) is 38.8 Å². The van der Waals surface area contributed by atoms with E-state index in [-0.39, 0.29) is 0 Å². The minimum atomic E-state index is 1.32. The summed E-state index contributed by atoms with van der Waals surface area (Å²) in [4.78, 5) is 2.42. The Labute approximate surface area is 115 Å². The number of likely N-dealkylation sites (tertiary alicyclic amines) is 1. The van der Waals surface area contributed by atoms with Gasteiger partial charge in [-0.15, -0.1) is 0 Å². The molecule has 1 aromatic rings. The highest BCUT2D eigenvalue weighted by atomic mass is 15.1. The molecule has 1 aliphatic heterocycles. The Morgan fingerprint density at radius 2 is 1.06 bits per heavy atom. The van der Waals surface area contributed by atoms with Crippen LogP contribution in [-0.4, -0.2) is 29.6 Å². The first-order chi connectivity index (χ1) is 8.79. The van der Waals surface area contributed by atoms with E-state index in [4.69, 9.17) is 0 Å². The molecule has 2 heteroatoms. The zero-order valence-electron chi connectivity index (χ0n) is 13.4. The third-order valence-electron chi connectivity index (χ3n) is 2.58. The summed E-state index contributed by atoms with van der Waals surface area (Å²) in [5.74, 6) is 0. The van der Waals surface area contributed by atoms with E-state index in [1.807, 2.05) is 63.8 Å². The monoisotopic (exact) mass is 254 g/mol. The summed E-state index contributed by atoms with van der Waals surface area (Å²) in [7, 11) is 4.21. The molecule has 108 valence electrons. The number of rotatable bonds is 0. The van der Waals surface area contributed by atoms with Crippen LogP contribution in [0.2, 0.25) is 0 Å². The Bertz CT molecular complexity index is 209. The molecule has 2 rings (SSSR count). The molecule has 0 unspecified atom stereocenters. The summed E-state index contributed by atoms with van der Waals surface area (Å²) in [6.07, 6.45) is 9.72. The molecule has 0 radical (unpaired) electrons. The van der Waals surface area contributed by atoms with Gasteiger partial charge in [0.15, 0.2) is 0 Å². The van der Waals surface area contributed by atoms with E-state index in [0.717, 1.165) is 0 Å². The highest BCUT2D eigenvalue weighted by Gasteiger charge is 2.01. The van der Waals surface area contributed by atoms with Gasteiger partial charge in [-0.25, -0.2) is 0 Å². The fourth-order valence-corrected chi connectivity index (χ4v) is 1.65. The van der Waals surface area contributed by atoms with Crippen molar-refractivity contribution in [3.05, 3.63) is 24.5 Å². The second kappa shape index (κ2) is 16.2. The molecule has 2 heterocycles. The fourth-order valence-electron chi connectivity index (χ4n) is 1.65. The van der Waals surface area contributed by atoms with Gasteiger partial charge in [0.05, 0.1) is 0 Å². The lowest BCUT2D eigenvalue weighted by Crippen LogP contribution is -2.18. The minimum absolute atomic E-state index is 1.32. The normalized spacial score (nSPS) is 14.8. The molecule has 0 amide bonds. The number of hydrogen-bond acceptors (Lipinski definition) is 1. The minimum Gasteiger partial charge on any atom is -0.357 e. The number of aromatic nitrogens is 1. The summed E-state index contributed by atoms with van der Waals surface area (Å²) in [6.45, 7) is 10.6. The third kappa shape index (κ3) is 13.3. The molecule has 0 aromatic carbocycles. The van der Waals surface area contributed by atoms with Crippen molar-refractivity contribution in [1.82, 2.24) is 9.47 Å². The van der Waals surface area contributed by atoms with Gasteiger partial charge in [0.1, 0.15) is 0 Å². The first-order valence-corrected chi connectivity index (χ1v) is 7.54. The maximum atomic E-state index is 2.42. The lowest BCUT2D eigenvalue weighted by Gasteiger charge is -2.10. The smallest absolute Gasteiger partial charge is 0.0106 e. The number of aryl methyl sites for hydroxylation is 1. The Hall–Kier alpha value is -0.760. The van der Waals surface area contributed by atoms with E-state index < -0.39 is 0 Å². The van der Waals surface area contributed by atoms with Gasteiger partial charge in [-0.2, -0.15) is 0 Å². The van der Waals surface area contributed by atoms with Crippen LogP contribution in [0.3, 0.4) is 0 Å². The van der Waals surface area contributed by atoms with E-state index in [0.29, 0.717) is 0 Å².